The Morgan fingerprint density at radius 1 is 1.10 bits per heavy atom. The van der Waals surface area contributed by atoms with Crippen LogP contribution in [0.2, 0.25) is 0 Å². The van der Waals surface area contributed by atoms with Crippen LogP contribution in [0.25, 0.3) is 0 Å². The summed E-state index contributed by atoms with van der Waals surface area (Å²) in [5, 5.41) is 3.05. The fourth-order valence-electron chi connectivity index (χ4n) is 4.05. The molecule has 1 atom stereocenters. The van der Waals surface area contributed by atoms with Crippen LogP contribution in [-0.2, 0) is 11.3 Å². The van der Waals surface area contributed by atoms with Crippen LogP contribution in [-0.4, -0.2) is 37.8 Å². The van der Waals surface area contributed by atoms with Crippen molar-refractivity contribution in [1.82, 2.24) is 10.2 Å². The lowest BCUT2D eigenvalue weighted by atomic mass is 10.0. The summed E-state index contributed by atoms with van der Waals surface area (Å²) in [6, 6.07) is 14.3. The highest BCUT2D eigenvalue weighted by atomic mass is 16.7. The van der Waals surface area contributed by atoms with Crippen molar-refractivity contribution in [3.63, 3.8) is 0 Å². The maximum Gasteiger partial charge on any atom is 0.234 e. The number of hydrogen-bond donors (Lipinski definition) is 1. The molecule has 2 heterocycles. The average Bonchev–Trinajstić information content (AvgIpc) is 3.10. The third-order valence-electron chi connectivity index (χ3n) is 5.64. The number of carbonyl (C=O) groups is 1. The normalized spacial score (nSPS) is 18.9. The Bertz CT molecular complexity index is 837. The summed E-state index contributed by atoms with van der Waals surface area (Å²) in [6.07, 6.45) is 4.60. The molecule has 2 aliphatic rings. The Labute approximate surface area is 171 Å². The van der Waals surface area contributed by atoms with Gasteiger partial charge in [0.1, 0.15) is 5.75 Å². The maximum absolute atomic E-state index is 12.7. The molecule has 154 valence electrons. The molecule has 1 N–H and O–H groups in total. The zero-order valence-corrected chi connectivity index (χ0v) is 16.9. The molecule has 1 fully saturated rings. The minimum absolute atomic E-state index is 0.0445. The van der Waals surface area contributed by atoms with Crippen molar-refractivity contribution in [3.05, 3.63) is 53.6 Å². The lowest BCUT2D eigenvalue weighted by Gasteiger charge is -2.29. The Balaban J connectivity index is 1.37. The number of rotatable bonds is 6. The summed E-state index contributed by atoms with van der Waals surface area (Å²) < 4.78 is 16.0. The molecule has 29 heavy (non-hydrogen) atoms. The first-order chi connectivity index (χ1) is 14.2. The van der Waals surface area contributed by atoms with Gasteiger partial charge in [-0.3, -0.25) is 9.69 Å². The summed E-state index contributed by atoms with van der Waals surface area (Å²) in [7, 11) is 1.68. The van der Waals surface area contributed by atoms with Crippen molar-refractivity contribution in [2.45, 2.75) is 38.3 Å². The number of ether oxygens (including phenoxy) is 3. The van der Waals surface area contributed by atoms with Crippen LogP contribution in [0.3, 0.4) is 0 Å². The number of nitrogens with one attached hydrogen (secondary N) is 1. The first-order valence-corrected chi connectivity index (χ1v) is 10.3. The fraction of sp³-hybridized carbons (Fsp3) is 0.435. The molecule has 0 saturated carbocycles. The van der Waals surface area contributed by atoms with Crippen LogP contribution in [0.1, 0.15) is 42.9 Å². The number of fused-ring (bicyclic) bond motifs is 1. The topological polar surface area (TPSA) is 60.0 Å². The molecule has 0 spiro atoms. The SMILES string of the molecule is COc1ccc([C@@H]2CCCCCN2CC(=O)NCc2ccc3c(c2)OCO3)cc1. The first kappa shape index (κ1) is 19.6. The third kappa shape index (κ3) is 4.82. The molecule has 0 aliphatic carbocycles. The van der Waals surface area contributed by atoms with Gasteiger partial charge in [0.2, 0.25) is 12.7 Å². The fourth-order valence-corrected chi connectivity index (χ4v) is 4.05. The monoisotopic (exact) mass is 396 g/mol. The number of methoxy groups -OCH3 is 1. The standard InChI is InChI=1S/C23H28N2O4/c1-27-19-9-7-18(8-10-19)20-5-3-2-4-12-25(20)15-23(26)24-14-17-6-11-21-22(13-17)29-16-28-21/h6-11,13,20H,2-5,12,14-16H2,1H3,(H,24,26)/t20-/m0/s1. The number of carbonyl (C=O) groups excluding carboxylic acids is 1. The van der Waals surface area contributed by atoms with Crippen molar-refractivity contribution in [2.75, 3.05) is 27.0 Å². The minimum Gasteiger partial charge on any atom is -0.497 e. The summed E-state index contributed by atoms with van der Waals surface area (Å²) >= 11 is 0. The lowest BCUT2D eigenvalue weighted by Crippen LogP contribution is -2.39. The van der Waals surface area contributed by atoms with E-state index >= 15 is 0 Å². The number of amides is 1. The predicted octanol–water partition coefficient (Wildman–Crippen LogP) is 3.66. The van der Waals surface area contributed by atoms with E-state index in [1.54, 1.807) is 7.11 Å². The highest BCUT2D eigenvalue weighted by Crippen LogP contribution is 2.33. The zero-order valence-electron chi connectivity index (χ0n) is 16.9. The van der Waals surface area contributed by atoms with Gasteiger partial charge < -0.3 is 19.5 Å². The summed E-state index contributed by atoms with van der Waals surface area (Å²) in [6.45, 7) is 2.08. The molecule has 1 saturated heterocycles. The molecular formula is C23H28N2O4. The second-order valence-corrected chi connectivity index (χ2v) is 7.57. The predicted molar refractivity (Wildman–Crippen MR) is 110 cm³/mol. The van der Waals surface area contributed by atoms with E-state index in [0.29, 0.717) is 13.1 Å². The van der Waals surface area contributed by atoms with E-state index in [-0.39, 0.29) is 18.7 Å². The van der Waals surface area contributed by atoms with Gasteiger partial charge in [0.05, 0.1) is 13.7 Å². The first-order valence-electron chi connectivity index (χ1n) is 10.3. The number of nitrogens with zero attached hydrogens (tertiary/aromatic N) is 1. The highest BCUT2D eigenvalue weighted by molar-refractivity contribution is 5.78. The van der Waals surface area contributed by atoms with Crippen LogP contribution in [0, 0.1) is 0 Å². The second kappa shape index (κ2) is 9.18. The molecule has 0 radical (unpaired) electrons. The molecule has 0 bridgehead atoms. The molecule has 2 aromatic rings. The molecule has 6 heteroatoms. The Morgan fingerprint density at radius 2 is 1.93 bits per heavy atom. The van der Waals surface area contributed by atoms with Crippen LogP contribution in [0.5, 0.6) is 17.2 Å². The van der Waals surface area contributed by atoms with E-state index in [0.717, 1.165) is 42.2 Å². The Morgan fingerprint density at radius 3 is 2.76 bits per heavy atom. The van der Waals surface area contributed by atoms with E-state index < -0.39 is 0 Å². The second-order valence-electron chi connectivity index (χ2n) is 7.57. The van der Waals surface area contributed by atoms with Crippen molar-refractivity contribution >= 4 is 5.91 Å². The summed E-state index contributed by atoms with van der Waals surface area (Å²) in [5.41, 5.74) is 2.25. The van der Waals surface area contributed by atoms with Gasteiger partial charge in [-0.15, -0.1) is 0 Å². The number of hydrogen-bond acceptors (Lipinski definition) is 5. The van der Waals surface area contributed by atoms with E-state index in [9.17, 15) is 4.79 Å². The quantitative estimate of drug-likeness (QED) is 0.808. The van der Waals surface area contributed by atoms with Gasteiger partial charge in [-0.2, -0.15) is 0 Å². The average molecular weight is 396 g/mol. The maximum atomic E-state index is 12.7. The molecule has 2 aromatic carbocycles. The van der Waals surface area contributed by atoms with Crippen LogP contribution < -0.4 is 19.5 Å². The third-order valence-corrected chi connectivity index (χ3v) is 5.64. The number of likely N-dealkylation sites (tertiary alicyclic amines) is 1. The molecule has 1 amide bonds. The van der Waals surface area contributed by atoms with Crippen LogP contribution >= 0.6 is 0 Å². The van der Waals surface area contributed by atoms with E-state index in [1.807, 2.05) is 30.3 Å². The van der Waals surface area contributed by atoms with Crippen molar-refractivity contribution < 1.29 is 19.0 Å². The molecular weight excluding hydrogens is 368 g/mol. The van der Waals surface area contributed by atoms with E-state index in [2.05, 4.69) is 22.3 Å². The van der Waals surface area contributed by atoms with Gasteiger partial charge in [-0.25, -0.2) is 0 Å². The highest BCUT2D eigenvalue weighted by Gasteiger charge is 2.24. The largest absolute Gasteiger partial charge is 0.497 e. The van der Waals surface area contributed by atoms with E-state index in [4.69, 9.17) is 14.2 Å². The minimum atomic E-state index is 0.0445. The van der Waals surface area contributed by atoms with E-state index in [1.165, 1.54) is 18.4 Å². The summed E-state index contributed by atoms with van der Waals surface area (Å²) in [5.74, 6) is 2.40. The molecule has 4 rings (SSSR count). The zero-order chi connectivity index (χ0) is 20.1. The van der Waals surface area contributed by atoms with Crippen molar-refractivity contribution in [1.29, 1.82) is 0 Å². The van der Waals surface area contributed by atoms with Crippen LogP contribution in [0.4, 0.5) is 0 Å². The van der Waals surface area contributed by atoms with Gasteiger partial charge in [0.25, 0.3) is 0 Å². The van der Waals surface area contributed by atoms with Gasteiger partial charge in [0.15, 0.2) is 11.5 Å². The molecule has 0 aromatic heterocycles. The van der Waals surface area contributed by atoms with Crippen molar-refractivity contribution in [3.8, 4) is 17.2 Å². The van der Waals surface area contributed by atoms with Crippen molar-refractivity contribution in [2.24, 2.45) is 0 Å². The van der Waals surface area contributed by atoms with Gasteiger partial charge in [-0.05, 0) is 54.8 Å². The number of benzene rings is 2. The van der Waals surface area contributed by atoms with Gasteiger partial charge in [-0.1, -0.05) is 31.0 Å². The molecule has 6 nitrogen and oxygen atoms in total. The Hall–Kier alpha value is -2.73. The lowest BCUT2D eigenvalue weighted by molar-refractivity contribution is -0.123. The smallest absolute Gasteiger partial charge is 0.234 e. The molecule has 0 unspecified atom stereocenters. The van der Waals surface area contributed by atoms with Gasteiger partial charge in [0, 0.05) is 12.6 Å². The molecule has 2 aliphatic heterocycles. The summed E-state index contributed by atoms with van der Waals surface area (Å²) in [4.78, 5) is 15.0. The van der Waals surface area contributed by atoms with Gasteiger partial charge >= 0.3 is 0 Å². The van der Waals surface area contributed by atoms with Crippen LogP contribution in [0.15, 0.2) is 42.5 Å². The Kier molecular flexibility index (Phi) is 6.20.